The van der Waals surface area contributed by atoms with Gasteiger partial charge in [-0.25, -0.2) is 0 Å². The van der Waals surface area contributed by atoms with E-state index in [-0.39, 0.29) is 11.3 Å². The van der Waals surface area contributed by atoms with E-state index in [9.17, 15) is 4.79 Å². The maximum absolute atomic E-state index is 12.4. The maximum atomic E-state index is 12.4. The second-order valence-electron chi connectivity index (χ2n) is 8.02. The number of thiophene rings is 1. The topological polar surface area (TPSA) is 60.4 Å². The summed E-state index contributed by atoms with van der Waals surface area (Å²) in [5.41, 5.74) is 0.0660. The standard InChI is InChI=1S/C20H33N5O2S/c1-20(2,17-5-4-14-28-17)16-22-19(21-3)25-8-6-23(7-9-25)15-18(26)24-10-12-27-13-11-24/h4-5,14H,6-13,15-16H2,1-3H3,(H,21,22). The second kappa shape index (κ2) is 9.71. The Morgan fingerprint density at radius 1 is 1.18 bits per heavy atom. The maximum Gasteiger partial charge on any atom is 0.236 e. The molecule has 1 aromatic rings. The molecule has 28 heavy (non-hydrogen) atoms. The molecule has 0 atom stereocenters. The van der Waals surface area contributed by atoms with Gasteiger partial charge in [0, 0.05) is 63.2 Å². The molecular formula is C20H33N5O2S. The molecule has 2 aliphatic heterocycles. The second-order valence-corrected chi connectivity index (χ2v) is 8.97. The summed E-state index contributed by atoms with van der Waals surface area (Å²) in [5, 5.41) is 5.68. The van der Waals surface area contributed by atoms with Crippen molar-refractivity contribution in [2.24, 2.45) is 4.99 Å². The van der Waals surface area contributed by atoms with E-state index in [1.54, 1.807) is 11.3 Å². The number of morpholine rings is 1. The van der Waals surface area contributed by atoms with Crippen LogP contribution in [0.25, 0.3) is 0 Å². The van der Waals surface area contributed by atoms with Gasteiger partial charge in [-0.2, -0.15) is 0 Å². The van der Waals surface area contributed by atoms with Crippen LogP contribution >= 0.6 is 11.3 Å². The molecular weight excluding hydrogens is 374 g/mol. The van der Waals surface area contributed by atoms with E-state index < -0.39 is 0 Å². The van der Waals surface area contributed by atoms with Crippen molar-refractivity contribution in [1.29, 1.82) is 0 Å². The van der Waals surface area contributed by atoms with E-state index in [1.165, 1.54) is 4.88 Å². The molecule has 0 aromatic carbocycles. The summed E-state index contributed by atoms with van der Waals surface area (Å²) in [7, 11) is 1.84. The monoisotopic (exact) mass is 407 g/mol. The Hall–Kier alpha value is -1.64. The van der Waals surface area contributed by atoms with Crippen LogP contribution in [0.2, 0.25) is 0 Å². The highest BCUT2D eigenvalue weighted by Crippen LogP contribution is 2.26. The molecule has 156 valence electrons. The van der Waals surface area contributed by atoms with Crippen molar-refractivity contribution in [3.8, 4) is 0 Å². The first-order valence-electron chi connectivity index (χ1n) is 10.1. The van der Waals surface area contributed by atoms with Gasteiger partial charge < -0.3 is 19.9 Å². The largest absolute Gasteiger partial charge is 0.378 e. The number of amides is 1. The Labute approximate surface area is 172 Å². The summed E-state index contributed by atoms with van der Waals surface area (Å²) in [6.45, 7) is 12.1. The number of guanidine groups is 1. The molecule has 2 aliphatic rings. The Balaban J connectivity index is 1.44. The Bertz CT molecular complexity index is 648. The zero-order valence-electron chi connectivity index (χ0n) is 17.3. The average molecular weight is 408 g/mol. The number of hydrogen-bond donors (Lipinski definition) is 1. The quantitative estimate of drug-likeness (QED) is 0.585. The van der Waals surface area contributed by atoms with Crippen molar-refractivity contribution in [2.75, 3.05) is 72.6 Å². The first-order chi connectivity index (χ1) is 13.5. The highest BCUT2D eigenvalue weighted by molar-refractivity contribution is 7.10. The molecule has 1 amide bonds. The lowest BCUT2D eigenvalue weighted by Crippen LogP contribution is -2.55. The zero-order valence-corrected chi connectivity index (χ0v) is 18.1. The van der Waals surface area contributed by atoms with Gasteiger partial charge in [-0.1, -0.05) is 19.9 Å². The van der Waals surface area contributed by atoms with Crippen LogP contribution in [0.5, 0.6) is 0 Å². The molecule has 1 N–H and O–H groups in total. The summed E-state index contributed by atoms with van der Waals surface area (Å²) in [5.74, 6) is 1.17. The number of hydrogen-bond acceptors (Lipinski definition) is 5. The van der Waals surface area contributed by atoms with Crippen molar-refractivity contribution >= 4 is 23.2 Å². The first-order valence-corrected chi connectivity index (χ1v) is 10.9. The van der Waals surface area contributed by atoms with Gasteiger partial charge in [-0.3, -0.25) is 14.7 Å². The van der Waals surface area contributed by atoms with E-state index in [4.69, 9.17) is 4.74 Å². The van der Waals surface area contributed by atoms with Crippen molar-refractivity contribution in [1.82, 2.24) is 20.0 Å². The third-order valence-corrected chi connectivity index (χ3v) is 6.72. The molecule has 0 aliphatic carbocycles. The minimum absolute atomic E-state index is 0.0660. The van der Waals surface area contributed by atoms with Gasteiger partial charge in [0.2, 0.25) is 5.91 Å². The fourth-order valence-electron chi connectivity index (χ4n) is 3.60. The normalized spacial score (nSPS) is 19.8. The minimum Gasteiger partial charge on any atom is -0.378 e. The number of nitrogens with zero attached hydrogens (tertiary/aromatic N) is 4. The van der Waals surface area contributed by atoms with E-state index in [0.717, 1.165) is 51.8 Å². The molecule has 2 fully saturated rings. The van der Waals surface area contributed by atoms with Gasteiger partial charge in [-0.05, 0) is 11.4 Å². The molecule has 2 saturated heterocycles. The summed E-state index contributed by atoms with van der Waals surface area (Å²) in [4.78, 5) is 24.8. The van der Waals surface area contributed by atoms with Gasteiger partial charge in [0.05, 0.1) is 19.8 Å². The predicted octanol–water partition coefficient (Wildman–Crippen LogP) is 1.08. The number of aliphatic imine (C=N–C) groups is 1. The molecule has 0 saturated carbocycles. The van der Waals surface area contributed by atoms with Crippen LogP contribution in [0.1, 0.15) is 18.7 Å². The summed E-state index contributed by atoms with van der Waals surface area (Å²) < 4.78 is 5.33. The lowest BCUT2D eigenvalue weighted by atomic mass is 9.91. The Kier molecular flexibility index (Phi) is 7.31. The fourth-order valence-corrected chi connectivity index (χ4v) is 4.46. The third-order valence-electron chi connectivity index (χ3n) is 5.48. The van der Waals surface area contributed by atoms with Crippen LogP contribution in [0.15, 0.2) is 22.5 Å². The lowest BCUT2D eigenvalue weighted by Gasteiger charge is -2.38. The average Bonchev–Trinajstić information content (AvgIpc) is 3.26. The molecule has 0 radical (unpaired) electrons. The highest BCUT2D eigenvalue weighted by atomic mass is 32.1. The molecule has 7 nitrogen and oxygen atoms in total. The molecule has 3 heterocycles. The third kappa shape index (κ3) is 5.46. The summed E-state index contributed by atoms with van der Waals surface area (Å²) in [6.07, 6.45) is 0. The minimum atomic E-state index is 0.0660. The molecule has 3 rings (SSSR count). The molecule has 0 spiro atoms. The molecule has 8 heteroatoms. The van der Waals surface area contributed by atoms with E-state index in [1.807, 2.05) is 11.9 Å². The van der Waals surface area contributed by atoms with Gasteiger partial charge >= 0.3 is 0 Å². The van der Waals surface area contributed by atoms with Crippen molar-refractivity contribution in [3.05, 3.63) is 22.4 Å². The summed E-state index contributed by atoms with van der Waals surface area (Å²) >= 11 is 1.80. The Morgan fingerprint density at radius 3 is 2.50 bits per heavy atom. The van der Waals surface area contributed by atoms with E-state index in [2.05, 4.69) is 51.5 Å². The SMILES string of the molecule is CN=C(NCC(C)(C)c1cccs1)N1CCN(CC(=O)N2CCOCC2)CC1. The summed E-state index contributed by atoms with van der Waals surface area (Å²) in [6, 6.07) is 4.30. The van der Waals surface area contributed by atoms with E-state index in [0.29, 0.717) is 19.8 Å². The molecule has 0 unspecified atom stereocenters. The van der Waals surface area contributed by atoms with Crippen molar-refractivity contribution in [2.45, 2.75) is 19.3 Å². The van der Waals surface area contributed by atoms with Crippen LogP contribution in [0.3, 0.4) is 0 Å². The fraction of sp³-hybridized carbons (Fsp3) is 0.700. The lowest BCUT2D eigenvalue weighted by molar-refractivity contribution is -0.136. The van der Waals surface area contributed by atoms with Gasteiger partial charge in [-0.15, -0.1) is 11.3 Å². The smallest absolute Gasteiger partial charge is 0.236 e. The number of nitrogens with one attached hydrogen (secondary N) is 1. The van der Waals surface area contributed by atoms with Crippen molar-refractivity contribution in [3.63, 3.8) is 0 Å². The van der Waals surface area contributed by atoms with Crippen molar-refractivity contribution < 1.29 is 9.53 Å². The molecule has 0 bridgehead atoms. The molecule has 1 aromatic heterocycles. The predicted molar refractivity (Wildman–Crippen MR) is 114 cm³/mol. The first kappa shape index (κ1) is 21.1. The van der Waals surface area contributed by atoms with Crippen LogP contribution in [-0.2, 0) is 14.9 Å². The van der Waals surface area contributed by atoms with Gasteiger partial charge in [0.15, 0.2) is 5.96 Å². The highest BCUT2D eigenvalue weighted by Gasteiger charge is 2.26. The number of carbonyl (C=O) groups is 1. The number of carbonyl (C=O) groups excluding carboxylic acids is 1. The number of rotatable bonds is 5. The number of piperazine rings is 1. The van der Waals surface area contributed by atoms with Gasteiger partial charge in [0.25, 0.3) is 0 Å². The van der Waals surface area contributed by atoms with Crippen LogP contribution in [0.4, 0.5) is 0 Å². The van der Waals surface area contributed by atoms with Crippen LogP contribution in [-0.4, -0.2) is 99.2 Å². The van der Waals surface area contributed by atoms with Crippen LogP contribution in [0, 0.1) is 0 Å². The number of ether oxygens (including phenoxy) is 1. The Morgan fingerprint density at radius 2 is 1.89 bits per heavy atom. The van der Waals surface area contributed by atoms with Gasteiger partial charge in [0.1, 0.15) is 0 Å². The zero-order chi connectivity index (χ0) is 20.0. The van der Waals surface area contributed by atoms with Crippen LogP contribution < -0.4 is 5.32 Å². The van der Waals surface area contributed by atoms with E-state index >= 15 is 0 Å².